The van der Waals surface area contributed by atoms with Crippen LogP contribution in [0.5, 0.6) is 5.75 Å². The molecule has 36 heavy (non-hydrogen) atoms. The van der Waals surface area contributed by atoms with Crippen LogP contribution in [-0.2, 0) is 25.9 Å². The molecule has 0 aliphatic carbocycles. The predicted molar refractivity (Wildman–Crippen MR) is 135 cm³/mol. The summed E-state index contributed by atoms with van der Waals surface area (Å²) in [6, 6.07) is 11.5. The number of hydrogen-bond donors (Lipinski definition) is 2. The van der Waals surface area contributed by atoms with E-state index in [4.69, 9.17) is 4.74 Å². The molecule has 0 unspecified atom stereocenters. The highest BCUT2D eigenvalue weighted by Crippen LogP contribution is 2.33. The van der Waals surface area contributed by atoms with Gasteiger partial charge in [-0.3, -0.25) is 10.00 Å². The highest BCUT2D eigenvalue weighted by Gasteiger charge is 2.29. The average molecular weight is 490 g/mol. The largest absolute Gasteiger partial charge is 0.493 e. The van der Waals surface area contributed by atoms with E-state index in [-0.39, 0.29) is 17.9 Å². The van der Waals surface area contributed by atoms with Crippen molar-refractivity contribution in [1.82, 2.24) is 25.3 Å². The number of nitrogens with zero attached hydrogens (tertiary/aromatic N) is 3. The van der Waals surface area contributed by atoms with Crippen molar-refractivity contribution in [3.63, 3.8) is 0 Å². The minimum absolute atomic E-state index is 0.0379. The molecule has 0 spiro atoms. The predicted octanol–water partition coefficient (Wildman–Crippen LogP) is 4.19. The van der Waals surface area contributed by atoms with Crippen LogP contribution in [0, 0.1) is 12.7 Å². The maximum absolute atomic E-state index is 14.4. The summed E-state index contributed by atoms with van der Waals surface area (Å²) in [5.41, 5.74) is 7.11. The Hall–Kier alpha value is -3.39. The number of likely N-dealkylation sites (tertiary alicyclic amines) is 1. The second kappa shape index (κ2) is 9.58. The molecule has 3 aliphatic rings. The lowest BCUT2D eigenvalue weighted by molar-refractivity contribution is 0.159. The van der Waals surface area contributed by atoms with Gasteiger partial charge >= 0.3 is 6.03 Å². The lowest BCUT2D eigenvalue weighted by Gasteiger charge is -2.35. The smallest absolute Gasteiger partial charge is 0.317 e. The summed E-state index contributed by atoms with van der Waals surface area (Å²) >= 11 is 0. The SMILES string of the molecule is Cc1cccc(F)c1CN1CCC[C@@H](NC(=O)N2CCc3[nH]nc(-c4ccc5c(c4)CCO5)c3C2)C1. The first-order chi connectivity index (χ1) is 17.5. The molecule has 3 aromatic rings. The molecule has 0 saturated carbocycles. The molecule has 7 nitrogen and oxygen atoms in total. The molecule has 4 heterocycles. The summed E-state index contributed by atoms with van der Waals surface area (Å²) in [5.74, 6) is 0.799. The van der Waals surface area contributed by atoms with Crippen LogP contribution in [0.2, 0.25) is 0 Å². The van der Waals surface area contributed by atoms with E-state index in [1.165, 1.54) is 11.6 Å². The van der Waals surface area contributed by atoms with Gasteiger partial charge in [-0.25, -0.2) is 9.18 Å². The molecule has 8 heteroatoms. The Balaban J connectivity index is 1.11. The van der Waals surface area contributed by atoms with Gasteiger partial charge in [0.25, 0.3) is 0 Å². The number of benzene rings is 2. The Morgan fingerprint density at radius 2 is 2.17 bits per heavy atom. The van der Waals surface area contributed by atoms with Crippen LogP contribution in [-0.4, -0.2) is 58.3 Å². The molecule has 1 saturated heterocycles. The molecule has 2 N–H and O–H groups in total. The van der Waals surface area contributed by atoms with Crippen molar-refractivity contribution in [2.75, 3.05) is 26.2 Å². The number of aromatic amines is 1. The number of aryl methyl sites for hydroxylation is 1. The zero-order chi connectivity index (χ0) is 24.6. The number of rotatable bonds is 4. The van der Waals surface area contributed by atoms with Crippen LogP contribution < -0.4 is 10.1 Å². The van der Waals surface area contributed by atoms with Crippen LogP contribution >= 0.6 is 0 Å². The van der Waals surface area contributed by atoms with Crippen molar-refractivity contribution in [3.8, 4) is 17.0 Å². The van der Waals surface area contributed by atoms with Crippen molar-refractivity contribution in [2.45, 2.75) is 51.7 Å². The Morgan fingerprint density at radius 3 is 3.06 bits per heavy atom. The molecule has 0 radical (unpaired) electrons. The molecule has 1 atom stereocenters. The highest BCUT2D eigenvalue weighted by atomic mass is 19.1. The van der Waals surface area contributed by atoms with Gasteiger partial charge in [0, 0.05) is 60.9 Å². The topological polar surface area (TPSA) is 73.5 Å². The number of amides is 2. The quantitative estimate of drug-likeness (QED) is 0.577. The van der Waals surface area contributed by atoms with E-state index in [1.54, 1.807) is 6.07 Å². The van der Waals surface area contributed by atoms with Gasteiger partial charge in [-0.15, -0.1) is 0 Å². The van der Waals surface area contributed by atoms with Crippen molar-refractivity contribution in [3.05, 3.63) is 70.2 Å². The number of aromatic nitrogens is 2. The lowest BCUT2D eigenvalue weighted by atomic mass is 9.99. The minimum atomic E-state index is -0.155. The van der Waals surface area contributed by atoms with Crippen molar-refractivity contribution >= 4 is 6.03 Å². The van der Waals surface area contributed by atoms with Gasteiger partial charge in [-0.1, -0.05) is 12.1 Å². The van der Waals surface area contributed by atoms with Crippen LogP contribution in [0.25, 0.3) is 11.3 Å². The number of nitrogens with one attached hydrogen (secondary N) is 2. The van der Waals surface area contributed by atoms with E-state index in [9.17, 15) is 9.18 Å². The number of fused-ring (bicyclic) bond motifs is 2. The summed E-state index contributed by atoms with van der Waals surface area (Å²) < 4.78 is 20.0. The molecule has 6 rings (SSSR count). The summed E-state index contributed by atoms with van der Waals surface area (Å²) in [6.45, 7) is 6.08. The van der Waals surface area contributed by atoms with Crippen molar-refractivity contribution < 1.29 is 13.9 Å². The second-order valence-electron chi connectivity index (χ2n) is 10.2. The molecular weight excluding hydrogens is 457 g/mol. The molecule has 188 valence electrons. The van der Waals surface area contributed by atoms with Gasteiger partial charge in [0.15, 0.2) is 0 Å². The molecule has 2 amide bonds. The molecule has 2 aromatic carbocycles. The molecule has 3 aliphatic heterocycles. The van der Waals surface area contributed by atoms with Gasteiger partial charge in [0.05, 0.1) is 18.8 Å². The van der Waals surface area contributed by atoms with E-state index in [0.29, 0.717) is 19.6 Å². The zero-order valence-corrected chi connectivity index (χ0v) is 20.6. The molecule has 1 aromatic heterocycles. The Morgan fingerprint density at radius 1 is 1.25 bits per heavy atom. The highest BCUT2D eigenvalue weighted by molar-refractivity contribution is 5.76. The standard InChI is InChI=1S/C28H32FN5O2/c1-18-4-2-6-24(29)22(18)16-33-11-3-5-21(15-33)30-28(35)34-12-9-25-23(17-34)27(32-31-25)20-7-8-26-19(14-20)10-13-36-26/h2,4,6-8,14,21H,3,5,9-13,15-17H2,1H3,(H,30,35)(H,31,32)/t21-/m1/s1. The summed E-state index contributed by atoms with van der Waals surface area (Å²) in [5, 5.41) is 11.1. The number of carbonyl (C=O) groups is 1. The van der Waals surface area contributed by atoms with E-state index < -0.39 is 0 Å². The van der Waals surface area contributed by atoms with Crippen molar-refractivity contribution in [1.29, 1.82) is 0 Å². The summed E-state index contributed by atoms with van der Waals surface area (Å²) in [7, 11) is 0. The van der Waals surface area contributed by atoms with Gasteiger partial charge in [0.2, 0.25) is 0 Å². The Bertz CT molecular complexity index is 1270. The molecule has 1 fully saturated rings. The first-order valence-electron chi connectivity index (χ1n) is 12.9. The number of ether oxygens (including phenoxy) is 1. The van der Waals surface area contributed by atoms with Gasteiger partial charge in [-0.2, -0.15) is 5.10 Å². The first kappa shape index (κ1) is 23.0. The third kappa shape index (κ3) is 4.46. The van der Waals surface area contributed by atoms with Crippen LogP contribution in [0.15, 0.2) is 36.4 Å². The number of hydrogen-bond acceptors (Lipinski definition) is 4. The molecule has 0 bridgehead atoms. The van der Waals surface area contributed by atoms with Gasteiger partial charge < -0.3 is 15.0 Å². The third-order valence-electron chi connectivity index (χ3n) is 7.75. The number of piperidine rings is 1. The minimum Gasteiger partial charge on any atom is -0.493 e. The number of urea groups is 1. The van der Waals surface area contributed by atoms with Crippen LogP contribution in [0.4, 0.5) is 9.18 Å². The van der Waals surface area contributed by atoms with Crippen LogP contribution in [0.3, 0.4) is 0 Å². The summed E-state index contributed by atoms with van der Waals surface area (Å²) in [6.07, 6.45) is 3.59. The number of carbonyl (C=O) groups excluding carboxylic acids is 1. The van der Waals surface area contributed by atoms with E-state index >= 15 is 0 Å². The fraction of sp³-hybridized carbons (Fsp3) is 0.429. The van der Waals surface area contributed by atoms with Crippen molar-refractivity contribution in [2.24, 2.45) is 0 Å². The average Bonchev–Trinajstić information content (AvgIpc) is 3.52. The third-order valence-corrected chi connectivity index (χ3v) is 7.75. The fourth-order valence-corrected chi connectivity index (χ4v) is 5.71. The number of H-pyrrole nitrogens is 1. The summed E-state index contributed by atoms with van der Waals surface area (Å²) in [4.78, 5) is 17.4. The maximum atomic E-state index is 14.4. The van der Waals surface area contributed by atoms with Crippen LogP contribution in [0.1, 0.15) is 40.8 Å². The number of halogens is 1. The van der Waals surface area contributed by atoms with E-state index in [1.807, 2.05) is 30.0 Å². The monoisotopic (exact) mass is 489 g/mol. The Kier molecular flexibility index (Phi) is 6.13. The zero-order valence-electron chi connectivity index (χ0n) is 20.6. The maximum Gasteiger partial charge on any atom is 0.317 e. The second-order valence-corrected chi connectivity index (χ2v) is 10.2. The van der Waals surface area contributed by atoms with Gasteiger partial charge in [0.1, 0.15) is 11.6 Å². The van der Waals surface area contributed by atoms with E-state index in [2.05, 4.69) is 26.5 Å². The van der Waals surface area contributed by atoms with Gasteiger partial charge in [-0.05, 0) is 61.7 Å². The molecular formula is C28H32FN5O2. The fourth-order valence-electron chi connectivity index (χ4n) is 5.71. The Labute approximate surface area is 210 Å². The normalized spacial score (nSPS) is 19.5. The van der Waals surface area contributed by atoms with E-state index in [0.717, 1.165) is 84.8 Å². The lowest BCUT2D eigenvalue weighted by Crippen LogP contribution is -2.52. The first-order valence-corrected chi connectivity index (χ1v) is 12.9.